The van der Waals surface area contributed by atoms with Crippen LogP contribution in [0, 0.1) is 11.3 Å². The molecule has 1 rings (SSSR count). The van der Waals surface area contributed by atoms with Gasteiger partial charge in [-0.05, 0) is 18.2 Å². The summed E-state index contributed by atoms with van der Waals surface area (Å²) in [6, 6.07) is 4.78. The van der Waals surface area contributed by atoms with Gasteiger partial charge in [0, 0.05) is 5.69 Å². The first-order chi connectivity index (χ1) is 6.86. The van der Waals surface area contributed by atoms with Crippen molar-refractivity contribution in [3.05, 3.63) is 29.3 Å². The molecule has 15 heavy (non-hydrogen) atoms. The highest BCUT2D eigenvalue weighted by Gasteiger charge is 2.40. The summed E-state index contributed by atoms with van der Waals surface area (Å²) < 4.78 is 36.2. The van der Waals surface area contributed by atoms with E-state index in [-0.39, 0.29) is 11.3 Å². The van der Waals surface area contributed by atoms with Crippen LogP contribution in [-0.2, 0) is 0 Å². The van der Waals surface area contributed by atoms with Crippen molar-refractivity contribution in [1.82, 2.24) is 0 Å². The zero-order valence-electron chi connectivity index (χ0n) is 7.30. The maximum atomic E-state index is 12.1. The van der Waals surface area contributed by atoms with E-state index in [1.54, 1.807) is 6.07 Å². The number of hydrogen-bond acceptors (Lipinski definition) is 3. The number of carbonyl (C=O) groups excluding carboxylic acids is 1. The molecule has 0 fully saturated rings. The van der Waals surface area contributed by atoms with E-state index in [1.807, 2.05) is 0 Å². The largest absolute Gasteiger partial charge is 0.454 e. The molecule has 0 aliphatic heterocycles. The summed E-state index contributed by atoms with van der Waals surface area (Å²) in [6.07, 6.45) is -4.98. The molecule has 0 bridgehead atoms. The Balaban J connectivity index is 3.26. The highest BCUT2D eigenvalue weighted by atomic mass is 19.4. The summed E-state index contributed by atoms with van der Waals surface area (Å²) in [5.74, 6) is -2.04. The molecule has 1 aromatic rings. The summed E-state index contributed by atoms with van der Waals surface area (Å²) in [5.41, 5.74) is 4.18. The van der Waals surface area contributed by atoms with E-state index in [2.05, 4.69) is 0 Å². The van der Waals surface area contributed by atoms with Crippen molar-refractivity contribution in [3.8, 4) is 6.07 Å². The van der Waals surface area contributed by atoms with Crippen molar-refractivity contribution in [3.63, 3.8) is 0 Å². The number of anilines is 1. The highest BCUT2D eigenvalue weighted by Crippen LogP contribution is 2.25. The Bertz CT molecular complexity index is 446. The van der Waals surface area contributed by atoms with E-state index in [9.17, 15) is 18.0 Å². The van der Waals surface area contributed by atoms with Crippen LogP contribution in [0.1, 0.15) is 15.9 Å². The van der Waals surface area contributed by atoms with E-state index >= 15 is 0 Å². The Labute approximate surface area is 82.9 Å². The Morgan fingerprint density at radius 2 is 2.00 bits per heavy atom. The van der Waals surface area contributed by atoms with Crippen molar-refractivity contribution in [2.75, 3.05) is 5.73 Å². The first-order valence-electron chi connectivity index (χ1n) is 3.77. The van der Waals surface area contributed by atoms with E-state index in [0.29, 0.717) is 0 Å². The van der Waals surface area contributed by atoms with Crippen molar-refractivity contribution in [2.24, 2.45) is 0 Å². The smallest absolute Gasteiger partial charge is 0.398 e. The van der Waals surface area contributed by atoms with Crippen molar-refractivity contribution in [2.45, 2.75) is 6.18 Å². The number of ketones is 1. The summed E-state index contributed by atoms with van der Waals surface area (Å²) in [7, 11) is 0. The van der Waals surface area contributed by atoms with Gasteiger partial charge in [-0.2, -0.15) is 18.4 Å². The van der Waals surface area contributed by atoms with E-state index < -0.39 is 17.5 Å². The lowest BCUT2D eigenvalue weighted by Gasteiger charge is -2.07. The van der Waals surface area contributed by atoms with Gasteiger partial charge in [0.15, 0.2) is 0 Å². The van der Waals surface area contributed by atoms with Gasteiger partial charge in [0.05, 0.1) is 17.2 Å². The molecule has 0 amide bonds. The molecule has 0 saturated heterocycles. The normalized spacial score (nSPS) is 10.8. The predicted molar refractivity (Wildman–Crippen MR) is 46.0 cm³/mol. The number of rotatable bonds is 1. The molecule has 0 aromatic heterocycles. The minimum absolute atomic E-state index is 0.0446. The Kier molecular flexibility index (Phi) is 2.66. The minimum atomic E-state index is -4.98. The second-order valence-corrected chi connectivity index (χ2v) is 2.74. The van der Waals surface area contributed by atoms with E-state index in [0.717, 1.165) is 12.1 Å². The molecule has 3 nitrogen and oxygen atoms in total. The number of carbonyl (C=O) groups is 1. The standard InChI is InChI=1S/C9H5F3N2O/c10-9(11,12)8(15)6-3-5(4-13)1-2-7(6)14/h1-3H,14H2. The molecule has 0 spiro atoms. The number of benzene rings is 1. The van der Waals surface area contributed by atoms with Gasteiger partial charge in [-0.3, -0.25) is 4.79 Å². The van der Waals surface area contributed by atoms with Gasteiger partial charge in [0.1, 0.15) is 0 Å². The average molecular weight is 214 g/mol. The van der Waals surface area contributed by atoms with Gasteiger partial charge in [-0.15, -0.1) is 0 Å². The molecule has 0 radical (unpaired) electrons. The zero-order chi connectivity index (χ0) is 11.6. The van der Waals surface area contributed by atoms with Gasteiger partial charge >= 0.3 is 6.18 Å². The van der Waals surface area contributed by atoms with Crippen molar-refractivity contribution in [1.29, 1.82) is 5.26 Å². The van der Waals surface area contributed by atoms with Crippen molar-refractivity contribution >= 4 is 11.5 Å². The van der Waals surface area contributed by atoms with Gasteiger partial charge in [0.2, 0.25) is 0 Å². The Hall–Kier alpha value is -2.03. The van der Waals surface area contributed by atoms with Crippen LogP contribution in [0.5, 0.6) is 0 Å². The second kappa shape index (κ2) is 3.61. The summed E-state index contributed by atoms with van der Waals surface area (Å²) >= 11 is 0. The quantitative estimate of drug-likeness (QED) is 0.573. The zero-order valence-corrected chi connectivity index (χ0v) is 7.30. The number of alkyl halides is 3. The third-order valence-corrected chi connectivity index (χ3v) is 1.68. The van der Waals surface area contributed by atoms with Crippen LogP contribution in [-0.4, -0.2) is 12.0 Å². The molecule has 0 saturated carbocycles. The average Bonchev–Trinajstić information content (AvgIpc) is 2.16. The molecule has 0 unspecified atom stereocenters. The number of halogens is 3. The highest BCUT2D eigenvalue weighted by molar-refractivity contribution is 6.04. The Morgan fingerprint density at radius 1 is 1.40 bits per heavy atom. The van der Waals surface area contributed by atoms with Gasteiger partial charge < -0.3 is 5.73 Å². The maximum absolute atomic E-state index is 12.1. The first kappa shape index (κ1) is 11.0. The first-order valence-corrected chi connectivity index (χ1v) is 3.77. The number of nitrogens with zero attached hydrogens (tertiary/aromatic N) is 1. The number of nitrogens with two attached hydrogens (primary N) is 1. The second-order valence-electron chi connectivity index (χ2n) is 2.74. The third-order valence-electron chi connectivity index (χ3n) is 1.68. The monoisotopic (exact) mass is 214 g/mol. The summed E-state index contributed by atoms with van der Waals surface area (Å²) in [4.78, 5) is 10.8. The van der Waals surface area contributed by atoms with Crippen LogP contribution in [0.25, 0.3) is 0 Å². The van der Waals surface area contributed by atoms with Crippen LogP contribution >= 0.6 is 0 Å². The van der Waals surface area contributed by atoms with Crippen LogP contribution in [0.2, 0.25) is 0 Å². The topological polar surface area (TPSA) is 66.9 Å². The van der Waals surface area contributed by atoms with Crippen LogP contribution in [0.3, 0.4) is 0 Å². The predicted octanol–water partition coefficient (Wildman–Crippen LogP) is 1.89. The lowest BCUT2D eigenvalue weighted by molar-refractivity contribution is -0.0884. The van der Waals surface area contributed by atoms with Crippen LogP contribution in [0.4, 0.5) is 18.9 Å². The molecular formula is C9H5F3N2O. The van der Waals surface area contributed by atoms with E-state index in [4.69, 9.17) is 11.0 Å². The third kappa shape index (κ3) is 2.26. The van der Waals surface area contributed by atoms with Crippen molar-refractivity contribution < 1.29 is 18.0 Å². The number of nitrogen functional groups attached to an aromatic ring is 1. The van der Waals surface area contributed by atoms with Crippen LogP contribution < -0.4 is 5.73 Å². The SMILES string of the molecule is N#Cc1ccc(N)c(C(=O)C(F)(F)F)c1. The molecule has 78 valence electrons. The molecular weight excluding hydrogens is 209 g/mol. The molecule has 6 heteroatoms. The number of nitriles is 1. The minimum Gasteiger partial charge on any atom is -0.398 e. The molecule has 0 aliphatic carbocycles. The van der Waals surface area contributed by atoms with Gasteiger partial charge in [-0.1, -0.05) is 0 Å². The molecule has 0 heterocycles. The summed E-state index contributed by atoms with van der Waals surface area (Å²) in [6.45, 7) is 0. The maximum Gasteiger partial charge on any atom is 0.454 e. The lowest BCUT2D eigenvalue weighted by Crippen LogP contribution is -2.23. The fraction of sp³-hybridized carbons (Fsp3) is 0.111. The molecule has 1 aromatic carbocycles. The van der Waals surface area contributed by atoms with E-state index in [1.165, 1.54) is 6.07 Å². The number of hydrogen-bond donors (Lipinski definition) is 1. The van der Waals surface area contributed by atoms with Crippen LogP contribution in [0.15, 0.2) is 18.2 Å². The molecule has 0 aliphatic rings. The molecule has 0 atom stereocenters. The van der Waals surface area contributed by atoms with Gasteiger partial charge in [-0.25, -0.2) is 0 Å². The fourth-order valence-corrected chi connectivity index (χ4v) is 0.975. The fourth-order valence-electron chi connectivity index (χ4n) is 0.975. The number of Topliss-reactive ketones (excluding diaryl/α,β-unsaturated/α-hetero) is 1. The van der Waals surface area contributed by atoms with Gasteiger partial charge in [0.25, 0.3) is 5.78 Å². The summed E-state index contributed by atoms with van der Waals surface area (Å²) in [5, 5.41) is 8.45. The Morgan fingerprint density at radius 3 is 2.47 bits per heavy atom. The molecule has 2 N–H and O–H groups in total. The lowest BCUT2D eigenvalue weighted by atomic mass is 10.1.